The number of rotatable bonds is 7. The second kappa shape index (κ2) is 9.86. The molecule has 0 radical (unpaired) electrons. The molecule has 0 saturated carbocycles. The first-order valence-corrected chi connectivity index (χ1v) is 10.5. The fraction of sp³-hybridized carbons (Fsp3) is 0.120. The number of fused-ring (bicyclic) bond motifs is 1. The third kappa shape index (κ3) is 4.88. The summed E-state index contributed by atoms with van der Waals surface area (Å²) in [5.41, 5.74) is 7.22. The molecule has 0 unspecified atom stereocenters. The Morgan fingerprint density at radius 2 is 1.44 bits per heavy atom. The van der Waals surface area contributed by atoms with Crippen LogP contribution in [0.3, 0.4) is 0 Å². The Morgan fingerprint density at radius 3 is 2.03 bits per heavy atom. The van der Waals surface area contributed by atoms with Crippen molar-refractivity contribution >= 4 is 29.3 Å². The monoisotopic (exact) mass is 458 g/mol. The zero-order chi connectivity index (χ0) is 24.1. The highest BCUT2D eigenvalue weighted by atomic mass is 16.5. The van der Waals surface area contributed by atoms with E-state index in [4.69, 9.17) is 4.74 Å². The molecular weight excluding hydrogens is 436 g/mol. The average Bonchev–Trinajstić information content (AvgIpc) is 3.11. The number of carbonyl (C=O) groups is 4. The summed E-state index contributed by atoms with van der Waals surface area (Å²) in [6.45, 7) is 0.0633. The lowest BCUT2D eigenvalue weighted by molar-refractivity contribution is -0.120. The van der Waals surface area contributed by atoms with E-state index in [-0.39, 0.29) is 24.9 Å². The molecule has 4 amide bonds. The van der Waals surface area contributed by atoms with Crippen molar-refractivity contribution in [2.45, 2.75) is 6.54 Å². The van der Waals surface area contributed by atoms with E-state index < -0.39 is 11.8 Å². The summed E-state index contributed by atoms with van der Waals surface area (Å²) in [6, 6.07) is 20.2. The minimum Gasteiger partial charge on any atom is -0.497 e. The fourth-order valence-corrected chi connectivity index (χ4v) is 3.46. The van der Waals surface area contributed by atoms with Gasteiger partial charge in [-0.15, -0.1) is 0 Å². The van der Waals surface area contributed by atoms with E-state index in [0.717, 1.165) is 5.69 Å². The van der Waals surface area contributed by atoms with Crippen LogP contribution in [0.4, 0.5) is 5.69 Å². The SMILES string of the molecule is COc1ccc(NCC(=O)NNC(=O)c2ccc(CN3C(=O)c4ccccc4C3=O)cc2)cc1. The second-order valence-electron chi connectivity index (χ2n) is 7.52. The molecule has 3 N–H and O–H groups in total. The van der Waals surface area contributed by atoms with Gasteiger partial charge in [0.1, 0.15) is 5.75 Å². The van der Waals surface area contributed by atoms with Crippen LogP contribution >= 0.6 is 0 Å². The maximum absolute atomic E-state index is 12.5. The van der Waals surface area contributed by atoms with Gasteiger partial charge in [-0.25, -0.2) is 0 Å². The van der Waals surface area contributed by atoms with Gasteiger partial charge in [-0.1, -0.05) is 24.3 Å². The number of imide groups is 1. The molecule has 1 aliphatic heterocycles. The second-order valence-corrected chi connectivity index (χ2v) is 7.52. The number of nitrogens with one attached hydrogen (secondary N) is 3. The molecule has 0 atom stereocenters. The van der Waals surface area contributed by atoms with Gasteiger partial charge in [-0.2, -0.15) is 0 Å². The molecule has 0 aliphatic carbocycles. The highest BCUT2D eigenvalue weighted by molar-refractivity contribution is 6.21. The summed E-state index contributed by atoms with van der Waals surface area (Å²) in [5.74, 6) is -0.893. The molecule has 3 aromatic carbocycles. The Morgan fingerprint density at radius 1 is 0.824 bits per heavy atom. The molecule has 0 saturated heterocycles. The summed E-state index contributed by atoms with van der Waals surface area (Å²) >= 11 is 0. The summed E-state index contributed by atoms with van der Waals surface area (Å²) in [6.07, 6.45) is 0. The largest absolute Gasteiger partial charge is 0.497 e. The van der Waals surface area contributed by atoms with Gasteiger partial charge in [-0.05, 0) is 54.1 Å². The van der Waals surface area contributed by atoms with Crippen LogP contribution < -0.4 is 20.9 Å². The van der Waals surface area contributed by atoms with Gasteiger partial charge in [0.15, 0.2) is 0 Å². The molecule has 0 spiro atoms. The van der Waals surface area contributed by atoms with Crippen LogP contribution in [-0.4, -0.2) is 42.2 Å². The van der Waals surface area contributed by atoms with Gasteiger partial charge in [0.05, 0.1) is 31.3 Å². The molecule has 9 nitrogen and oxygen atoms in total. The Labute approximate surface area is 195 Å². The van der Waals surface area contributed by atoms with Gasteiger partial charge < -0.3 is 10.1 Å². The predicted molar refractivity (Wildman–Crippen MR) is 124 cm³/mol. The van der Waals surface area contributed by atoms with Crippen LogP contribution in [0.25, 0.3) is 0 Å². The Kier molecular flexibility index (Phi) is 6.54. The van der Waals surface area contributed by atoms with Gasteiger partial charge in [-0.3, -0.25) is 34.9 Å². The third-order valence-corrected chi connectivity index (χ3v) is 5.29. The Balaban J connectivity index is 1.26. The van der Waals surface area contributed by atoms with Crippen LogP contribution in [-0.2, 0) is 11.3 Å². The quantitative estimate of drug-likeness (QED) is 0.370. The highest BCUT2D eigenvalue weighted by Gasteiger charge is 2.34. The van der Waals surface area contributed by atoms with Crippen molar-refractivity contribution in [3.05, 3.63) is 95.1 Å². The molecule has 1 aliphatic rings. The van der Waals surface area contributed by atoms with Crippen molar-refractivity contribution in [3.63, 3.8) is 0 Å². The van der Waals surface area contributed by atoms with Crippen molar-refractivity contribution < 1.29 is 23.9 Å². The first-order chi connectivity index (χ1) is 16.5. The van der Waals surface area contributed by atoms with Gasteiger partial charge >= 0.3 is 0 Å². The van der Waals surface area contributed by atoms with Gasteiger partial charge in [0.25, 0.3) is 23.6 Å². The average molecular weight is 458 g/mol. The van der Waals surface area contributed by atoms with E-state index in [1.54, 1.807) is 79.9 Å². The predicted octanol–water partition coefficient (Wildman–Crippen LogP) is 2.36. The molecule has 34 heavy (non-hydrogen) atoms. The standard InChI is InChI=1S/C25H22N4O5/c1-34-19-12-10-18(11-13-19)26-14-22(30)27-28-23(31)17-8-6-16(7-9-17)15-29-24(32)20-4-2-3-5-21(20)25(29)33/h2-13,26H,14-15H2,1H3,(H,27,30)(H,28,31). The van der Waals surface area contributed by atoms with Crippen molar-refractivity contribution in [3.8, 4) is 5.75 Å². The molecule has 172 valence electrons. The van der Waals surface area contributed by atoms with E-state index >= 15 is 0 Å². The minimum atomic E-state index is -0.495. The normalized spacial score (nSPS) is 12.2. The molecule has 9 heteroatoms. The number of methoxy groups -OCH3 is 1. The zero-order valence-electron chi connectivity index (χ0n) is 18.3. The number of hydrazine groups is 1. The number of benzene rings is 3. The topological polar surface area (TPSA) is 117 Å². The van der Waals surface area contributed by atoms with E-state index in [9.17, 15) is 19.2 Å². The zero-order valence-corrected chi connectivity index (χ0v) is 18.3. The molecule has 3 aromatic rings. The maximum Gasteiger partial charge on any atom is 0.269 e. The highest BCUT2D eigenvalue weighted by Crippen LogP contribution is 2.24. The van der Waals surface area contributed by atoms with Crippen LogP contribution in [0.15, 0.2) is 72.8 Å². The van der Waals surface area contributed by atoms with Crippen molar-refractivity contribution in [1.29, 1.82) is 0 Å². The molecular formula is C25H22N4O5. The van der Waals surface area contributed by atoms with Gasteiger partial charge in [0.2, 0.25) is 0 Å². The summed E-state index contributed by atoms with van der Waals surface area (Å²) < 4.78 is 5.08. The van der Waals surface area contributed by atoms with E-state index in [2.05, 4.69) is 16.2 Å². The third-order valence-electron chi connectivity index (χ3n) is 5.29. The van der Waals surface area contributed by atoms with Crippen molar-refractivity contribution in [1.82, 2.24) is 15.8 Å². The number of anilines is 1. The molecule has 4 rings (SSSR count). The van der Waals surface area contributed by atoms with Gasteiger partial charge in [0, 0.05) is 11.3 Å². The summed E-state index contributed by atoms with van der Waals surface area (Å²) in [5, 5.41) is 2.94. The maximum atomic E-state index is 12.5. The molecule has 0 fully saturated rings. The van der Waals surface area contributed by atoms with Crippen molar-refractivity contribution in [2.75, 3.05) is 19.0 Å². The fourth-order valence-electron chi connectivity index (χ4n) is 3.46. The van der Waals surface area contributed by atoms with E-state index in [0.29, 0.717) is 28.0 Å². The lowest BCUT2D eigenvalue weighted by atomic mass is 10.1. The molecule has 0 bridgehead atoms. The summed E-state index contributed by atoms with van der Waals surface area (Å²) in [7, 11) is 1.57. The summed E-state index contributed by atoms with van der Waals surface area (Å²) in [4.78, 5) is 50.5. The number of hydrogen-bond acceptors (Lipinski definition) is 6. The van der Waals surface area contributed by atoms with Crippen LogP contribution in [0, 0.1) is 0 Å². The smallest absolute Gasteiger partial charge is 0.269 e. The van der Waals surface area contributed by atoms with E-state index in [1.807, 2.05) is 0 Å². The Hall–Kier alpha value is -4.66. The first-order valence-electron chi connectivity index (χ1n) is 10.5. The van der Waals surface area contributed by atoms with E-state index in [1.165, 1.54) is 4.90 Å². The number of amides is 4. The Bertz CT molecular complexity index is 1200. The van der Waals surface area contributed by atoms with Crippen LogP contribution in [0.2, 0.25) is 0 Å². The lowest BCUT2D eigenvalue weighted by Gasteiger charge is -2.14. The van der Waals surface area contributed by atoms with Crippen LogP contribution in [0.1, 0.15) is 36.6 Å². The van der Waals surface area contributed by atoms with Crippen molar-refractivity contribution in [2.24, 2.45) is 0 Å². The molecule has 1 heterocycles. The first kappa shape index (κ1) is 22.5. The van der Waals surface area contributed by atoms with Crippen LogP contribution in [0.5, 0.6) is 5.75 Å². The lowest BCUT2D eigenvalue weighted by Crippen LogP contribution is -2.44. The molecule has 0 aromatic heterocycles. The number of hydrogen-bond donors (Lipinski definition) is 3. The minimum absolute atomic E-state index is 0.0359. The number of nitrogens with zero attached hydrogens (tertiary/aromatic N) is 1. The number of carbonyl (C=O) groups excluding carboxylic acids is 4. The number of ether oxygens (including phenoxy) is 1.